The van der Waals surface area contributed by atoms with Crippen LogP contribution in [-0.2, 0) is 6.42 Å². The van der Waals surface area contributed by atoms with Crippen LogP contribution < -0.4 is 5.32 Å². The zero-order valence-electron chi connectivity index (χ0n) is 8.20. The van der Waals surface area contributed by atoms with Crippen molar-refractivity contribution in [2.45, 2.75) is 26.2 Å². The summed E-state index contributed by atoms with van der Waals surface area (Å²) >= 11 is 0. The van der Waals surface area contributed by atoms with E-state index in [1.807, 2.05) is 20.9 Å². The highest BCUT2D eigenvalue weighted by atomic mass is 35.5. The molecule has 0 saturated carbocycles. The number of aromatic nitrogens is 2. The summed E-state index contributed by atoms with van der Waals surface area (Å²) in [6.45, 7) is 4.96. The molecule has 0 atom stereocenters. The van der Waals surface area contributed by atoms with Crippen molar-refractivity contribution < 1.29 is 4.52 Å². The average molecular weight is 206 g/mol. The molecule has 0 aliphatic rings. The van der Waals surface area contributed by atoms with Gasteiger partial charge < -0.3 is 9.84 Å². The summed E-state index contributed by atoms with van der Waals surface area (Å²) < 4.78 is 5.03. The number of hydrogen-bond donors (Lipinski definition) is 1. The SMILES string of the molecule is CNCCc1noc(C(C)C)n1.Cl. The fraction of sp³-hybridized carbons (Fsp3) is 0.750. The third-order valence-corrected chi connectivity index (χ3v) is 1.58. The van der Waals surface area contributed by atoms with Crippen LogP contribution in [0.1, 0.15) is 31.5 Å². The molecule has 0 bridgehead atoms. The molecule has 0 aliphatic heterocycles. The number of nitrogens with zero attached hydrogens (tertiary/aromatic N) is 2. The fourth-order valence-corrected chi connectivity index (χ4v) is 0.840. The van der Waals surface area contributed by atoms with Gasteiger partial charge in [-0.05, 0) is 7.05 Å². The Balaban J connectivity index is 0.00000144. The maximum Gasteiger partial charge on any atom is 0.229 e. The number of hydrogen-bond acceptors (Lipinski definition) is 4. The van der Waals surface area contributed by atoms with E-state index >= 15 is 0 Å². The van der Waals surface area contributed by atoms with Gasteiger partial charge in [-0.1, -0.05) is 19.0 Å². The predicted octanol–water partition coefficient (Wildman–Crippen LogP) is 1.38. The van der Waals surface area contributed by atoms with Crippen LogP contribution in [0.4, 0.5) is 0 Å². The Morgan fingerprint density at radius 2 is 2.15 bits per heavy atom. The lowest BCUT2D eigenvalue weighted by Gasteiger charge is -1.93. The highest BCUT2D eigenvalue weighted by Gasteiger charge is 2.08. The van der Waals surface area contributed by atoms with Crippen molar-refractivity contribution in [3.05, 3.63) is 11.7 Å². The Kier molecular flexibility index (Phi) is 5.66. The van der Waals surface area contributed by atoms with Crippen LogP contribution in [-0.4, -0.2) is 23.7 Å². The van der Waals surface area contributed by atoms with Gasteiger partial charge in [-0.2, -0.15) is 4.98 Å². The first kappa shape index (κ1) is 12.4. The molecule has 13 heavy (non-hydrogen) atoms. The maximum absolute atomic E-state index is 5.03. The van der Waals surface area contributed by atoms with Crippen molar-refractivity contribution in [2.75, 3.05) is 13.6 Å². The van der Waals surface area contributed by atoms with E-state index in [1.165, 1.54) is 0 Å². The molecule has 4 nitrogen and oxygen atoms in total. The van der Waals surface area contributed by atoms with Crippen molar-refractivity contribution in [3.8, 4) is 0 Å². The van der Waals surface area contributed by atoms with E-state index in [2.05, 4.69) is 15.5 Å². The van der Waals surface area contributed by atoms with Gasteiger partial charge in [-0.3, -0.25) is 0 Å². The van der Waals surface area contributed by atoms with Gasteiger partial charge in [0.2, 0.25) is 5.89 Å². The molecule has 5 heteroatoms. The highest BCUT2D eigenvalue weighted by Crippen LogP contribution is 2.10. The molecule has 1 aromatic rings. The summed E-state index contributed by atoms with van der Waals surface area (Å²) in [5, 5.41) is 6.88. The lowest BCUT2D eigenvalue weighted by molar-refractivity contribution is 0.360. The maximum atomic E-state index is 5.03. The standard InChI is InChI=1S/C8H15N3O.ClH/c1-6(2)8-10-7(11-12-8)4-5-9-3;/h6,9H,4-5H2,1-3H3;1H. The second-order valence-corrected chi connectivity index (χ2v) is 3.06. The molecular weight excluding hydrogens is 190 g/mol. The molecule has 1 N–H and O–H groups in total. The second kappa shape index (κ2) is 5.94. The van der Waals surface area contributed by atoms with Crippen molar-refractivity contribution >= 4 is 12.4 Å². The van der Waals surface area contributed by atoms with Crippen molar-refractivity contribution in [3.63, 3.8) is 0 Å². The van der Waals surface area contributed by atoms with Gasteiger partial charge in [0.15, 0.2) is 5.82 Å². The lowest BCUT2D eigenvalue weighted by atomic mass is 10.2. The molecule has 76 valence electrons. The Hall–Kier alpha value is -0.610. The van der Waals surface area contributed by atoms with Gasteiger partial charge in [0.1, 0.15) is 0 Å². The van der Waals surface area contributed by atoms with Crippen LogP contribution in [0, 0.1) is 0 Å². The van der Waals surface area contributed by atoms with Crippen LogP contribution in [0.3, 0.4) is 0 Å². The summed E-state index contributed by atoms with van der Waals surface area (Å²) in [7, 11) is 1.91. The molecule has 0 spiro atoms. The van der Waals surface area contributed by atoms with Gasteiger partial charge in [0, 0.05) is 18.9 Å². The summed E-state index contributed by atoms with van der Waals surface area (Å²) in [4.78, 5) is 4.23. The monoisotopic (exact) mass is 205 g/mol. The first-order chi connectivity index (χ1) is 5.74. The zero-order chi connectivity index (χ0) is 8.97. The first-order valence-corrected chi connectivity index (χ1v) is 4.21. The predicted molar refractivity (Wildman–Crippen MR) is 53.3 cm³/mol. The first-order valence-electron chi connectivity index (χ1n) is 4.21. The van der Waals surface area contributed by atoms with Crippen molar-refractivity contribution in [2.24, 2.45) is 0 Å². The van der Waals surface area contributed by atoms with Crippen LogP contribution in [0.25, 0.3) is 0 Å². The van der Waals surface area contributed by atoms with Gasteiger partial charge in [-0.15, -0.1) is 12.4 Å². The Morgan fingerprint density at radius 3 is 2.62 bits per heavy atom. The van der Waals surface area contributed by atoms with E-state index in [0.29, 0.717) is 5.92 Å². The minimum atomic E-state index is 0. The van der Waals surface area contributed by atoms with Crippen LogP contribution in [0.5, 0.6) is 0 Å². The normalized spacial score (nSPS) is 10.2. The molecule has 0 saturated heterocycles. The summed E-state index contributed by atoms with van der Waals surface area (Å²) in [5.41, 5.74) is 0. The lowest BCUT2D eigenvalue weighted by Crippen LogP contribution is -2.11. The molecule has 0 radical (unpaired) electrons. The van der Waals surface area contributed by atoms with Gasteiger partial charge in [0.05, 0.1) is 0 Å². The second-order valence-electron chi connectivity index (χ2n) is 3.06. The largest absolute Gasteiger partial charge is 0.339 e. The molecule has 1 heterocycles. The number of likely N-dealkylation sites (N-methyl/N-ethyl adjacent to an activating group) is 1. The van der Waals surface area contributed by atoms with Crippen LogP contribution in [0.2, 0.25) is 0 Å². The summed E-state index contributed by atoms with van der Waals surface area (Å²) in [6, 6.07) is 0. The molecule has 0 aliphatic carbocycles. The fourth-order valence-electron chi connectivity index (χ4n) is 0.840. The quantitative estimate of drug-likeness (QED) is 0.807. The molecule has 0 fully saturated rings. The van der Waals surface area contributed by atoms with E-state index in [-0.39, 0.29) is 12.4 Å². The summed E-state index contributed by atoms with van der Waals surface area (Å²) in [5.74, 6) is 1.83. The molecule has 0 amide bonds. The molecule has 0 unspecified atom stereocenters. The van der Waals surface area contributed by atoms with E-state index in [4.69, 9.17) is 4.52 Å². The zero-order valence-corrected chi connectivity index (χ0v) is 9.02. The molecule has 0 aromatic carbocycles. The van der Waals surface area contributed by atoms with Gasteiger partial charge in [0.25, 0.3) is 0 Å². The molecule has 1 rings (SSSR count). The Labute approximate surface area is 84.5 Å². The topological polar surface area (TPSA) is 51.0 Å². The third kappa shape index (κ3) is 3.74. The van der Waals surface area contributed by atoms with Crippen molar-refractivity contribution in [1.29, 1.82) is 0 Å². The minimum Gasteiger partial charge on any atom is -0.339 e. The van der Waals surface area contributed by atoms with E-state index in [9.17, 15) is 0 Å². The number of nitrogens with one attached hydrogen (secondary N) is 1. The van der Waals surface area contributed by atoms with Crippen LogP contribution in [0.15, 0.2) is 4.52 Å². The van der Waals surface area contributed by atoms with E-state index < -0.39 is 0 Å². The van der Waals surface area contributed by atoms with Crippen molar-refractivity contribution in [1.82, 2.24) is 15.5 Å². The smallest absolute Gasteiger partial charge is 0.229 e. The Bertz CT molecular complexity index is 237. The Morgan fingerprint density at radius 1 is 1.46 bits per heavy atom. The van der Waals surface area contributed by atoms with Gasteiger partial charge in [-0.25, -0.2) is 0 Å². The highest BCUT2D eigenvalue weighted by molar-refractivity contribution is 5.85. The van der Waals surface area contributed by atoms with E-state index in [1.54, 1.807) is 0 Å². The average Bonchev–Trinajstić information content (AvgIpc) is 2.48. The van der Waals surface area contributed by atoms with Gasteiger partial charge >= 0.3 is 0 Å². The molecular formula is C8H16ClN3O. The van der Waals surface area contributed by atoms with Crippen LogP contribution >= 0.6 is 12.4 Å². The number of halogens is 1. The third-order valence-electron chi connectivity index (χ3n) is 1.58. The van der Waals surface area contributed by atoms with E-state index in [0.717, 1.165) is 24.7 Å². The number of rotatable bonds is 4. The molecule has 1 aromatic heterocycles. The minimum absolute atomic E-state index is 0. The summed E-state index contributed by atoms with van der Waals surface area (Å²) in [6.07, 6.45) is 0.826.